The monoisotopic (exact) mass is 318 g/mol. The predicted molar refractivity (Wildman–Crippen MR) is 75.6 cm³/mol. The Bertz CT molecular complexity index is 339. The summed E-state index contributed by atoms with van der Waals surface area (Å²) in [6, 6.07) is 2.19. The molecular formula is C12H19BrN2OS. The molecule has 2 rings (SSSR count). The van der Waals surface area contributed by atoms with Crippen LogP contribution in [0, 0.1) is 0 Å². The van der Waals surface area contributed by atoms with Crippen LogP contribution in [0.3, 0.4) is 0 Å². The Hall–Kier alpha value is 0.0600. The van der Waals surface area contributed by atoms with Crippen molar-refractivity contribution in [2.24, 2.45) is 0 Å². The Labute approximate surface area is 115 Å². The molecule has 1 aliphatic rings. The maximum Gasteiger partial charge on any atom is 0.0712 e. The van der Waals surface area contributed by atoms with Crippen molar-refractivity contribution in [2.45, 2.75) is 19.1 Å². The molecule has 0 aromatic carbocycles. The fourth-order valence-corrected chi connectivity index (χ4v) is 3.19. The minimum absolute atomic E-state index is 0.389. The molecule has 1 aromatic heterocycles. The molecule has 0 amide bonds. The second kappa shape index (κ2) is 6.85. The third kappa shape index (κ3) is 4.67. The van der Waals surface area contributed by atoms with E-state index in [2.05, 4.69) is 44.6 Å². The van der Waals surface area contributed by atoms with E-state index >= 15 is 0 Å². The van der Waals surface area contributed by atoms with Crippen LogP contribution in [-0.2, 0) is 11.3 Å². The van der Waals surface area contributed by atoms with E-state index in [-0.39, 0.29) is 0 Å². The highest BCUT2D eigenvalue weighted by molar-refractivity contribution is 9.11. The van der Waals surface area contributed by atoms with Gasteiger partial charge in [0, 0.05) is 26.2 Å². The summed E-state index contributed by atoms with van der Waals surface area (Å²) in [5.74, 6) is 0. The molecule has 1 fully saturated rings. The van der Waals surface area contributed by atoms with Crippen LogP contribution < -0.4 is 5.32 Å². The van der Waals surface area contributed by atoms with Gasteiger partial charge >= 0.3 is 0 Å². The van der Waals surface area contributed by atoms with Crippen LogP contribution in [0.5, 0.6) is 0 Å². The normalized spacial score (nSPS) is 21.0. The van der Waals surface area contributed by atoms with E-state index in [4.69, 9.17) is 4.74 Å². The van der Waals surface area contributed by atoms with Gasteiger partial charge in [-0.25, -0.2) is 0 Å². The standard InChI is InChI=1S/C12H19BrN2OS/c1-15(8-10-6-12(13)17-9-10)4-2-11-7-14-3-5-16-11/h6,9,11,14H,2-5,7-8H2,1H3. The van der Waals surface area contributed by atoms with Crippen LogP contribution in [0.2, 0.25) is 0 Å². The smallest absolute Gasteiger partial charge is 0.0712 e. The van der Waals surface area contributed by atoms with E-state index in [0.29, 0.717) is 6.10 Å². The molecule has 96 valence electrons. The number of hydrogen-bond acceptors (Lipinski definition) is 4. The average molecular weight is 319 g/mol. The summed E-state index contributed by atoms with van der Waals surface area (Å²) in [6.07, 6.45) is 1.50. The number of halogens is 1. The molecule has 1 saturated heterocycles. The highest BCUT2D eigenvalue weighted by Crippen LogP contribution is 2.21. The van der Waals surface area contributed by atoms with E-state index in [1.165, 1.54) is 9.35 Å². The van der Waals surface area contributed by atoms with Crippen LogP contribution in [0.1, 0.15) is 12.0 Å². The summed E-state index contributed by atoms with van der Waals surface area (Å²) in [7, 11) is 2.17. The number of ether oxygens (including phenoxy) is 1. The van der Waals surface area contributed by atoms with Crippen LogP contribution >= 0.6 is 27.3 Å². The molecule has 17 heavy (non-hydrogen) atoms. The quantitative estimate of drug-likeness (QED) is 0.901. The van der Waals surface area contributed by atoms with Crippen LogP contribution in [0.4, 0.5) is 0 Å². The summed E-state index contributed by atoms with van der Waals surface area (Å²) in [6.45, 7) is 4.95. The number of nitrogens with zero attached hydrogens (tertiary/aromatic N) is 1. The molecule has 0 radical (unpaired) electrons. The van der Waals surface area contributed by atoms with Crippen LogP contribution in [0.25, 0.3) is 0 Å². The van der Waals surface area contributed by atoms with Crippen molar-refractivity contribution in [3.63, 3.8) is 0 Å². The zero-order valence-electron chi connectivity index (χ0n) is 10.1. The molecule has 5 heteroatoms. The fourth-order valence-electron chi connectivity index (χ4n) is 1.99. The first kappa shape index (κ1) is 13.5. The number of hydrogen-bond donors (Lipinski definition) is 1. The van der Waals surface area contributed by atoms with Gasteiger partial charge in [0.25, 0.3) is 0 Å². The lowest BCUT2D eigenvalue weighted by molar-refractivity contribution is 0.0184. The fraction of sp³-hybridized carbons (Fsp3) is 0.667. The summed E-state index contributed by atoms with van der Waals surface area (Å²) in [5, 5.41) is 5.57. The molecule has 1 unspecified atom stereocenters. The first-order valence-electron chi connectivity index (χ1n) is 5.98. The Kier molecular flexibility index (Phi) is 5.44. The van der Waals surface area contributed by atoms with Crippen molar-refractivity contribution in [1.29, 1.82) is 0 Å². The lowest BCUT2D eigenvalue weighted by Gasteiger charge is -2.25. The third-order valence-electron chi connectivity index (χ3n) is 2.91. The molecule has 2 heterocycles. The first-order chi connectivity index (χ1) is 8.24. The number of morpholine rings is 1. The number of thiophene rings is 1. The second-order valence-electron chi connectivity index (χ2n) is 4.48. The maximum atomic E-state index is 5.69. The summed E-state index contributed by atoms with van der Waals surface area (Å²) >= 11 is 5.24. The molecule has 1 aromatic rings. The van der Waals surface area contributed by atoms with Gasteiger partial charge in [-0.15, -0.1) is 11.3 Å². The van der Waals surface area contributed by atoms with Gasteiger partial charge in [-0.05, 0) is 46.4 Å². The van der Waals surface area contributed by atoms with Crippen LogP contribution in [0.15, 0.2) is 15.2 Å². The average Bonchev–Trinajstić information content (AvgIpc) is 2.73. The lowest BCUT2D eigenvalue weighted by Crippen LogP contribution is -2.40. The zero-order chi connectivity index (χ0) is 12.1. The molecule has 0 spiro atoms. The highest BCUT2D eigenvalue weighted by Gasteiger charge is 2.13. The Morgan fingerprint density at radius 1 is 1.65 bits per heavy atom. The predicted octanol–water partition coefficient (Wildman–Crippen LogP) is 2.32. The molecule has 0 bridgehead atoms. The largest absolute Gasteiger partial charge is 0.376 e. The molecule has 3 nitrogen and oxygen atoms in total. The highest BCUT2D eigenvalue weighted by atomic mass is 79.9. The van der Waals surface area contributed by atoms with E-state index < -0.39 is 0 Å². The van der Waals surface area contributed by atoms with Crippen molar-refractivity contribution in [3.05, 3.63) is 20.8 Å². The van der Waals surface area contributed by atoms with Crippen LogP contribution in [-0.4, -0.2) is 44.3 Å². The molecule has 1 N–H and O–H groups in total. The maximum absolute atomic E-state index is 5.69. The summed E-state index contributed by atoms with van der Waals surface area (Å²) < 4.78 is 6.90. The van der Waals surface area contributed by atoms with E-state index in [1.807, 2.05) is 0 Å². The van der Waals surface area contributed by atoms with Gasteiger partial charge in [0.2, 0.25) is 0 Å². The van der Waals surface area contributed by atoms with E-state index in [9.17, 15) is 0 Å². The number of nitrogens with one attached hydrogen (secondary N) is 1. The van der Waals surface area contributed by atoms with Crippen molar-refractivity contribution in [3.8, 4) is 0 Å². The molecule has 1 aliphatic heterocycles. The van der Waals surface area contributed by atoms with Gasteiger partial charge in [0.1, 0.15) is 0 Å². The molecular weight excluding hydrogens is 300 g/mol. The SMILES string of the molecule is CN(CCC1CNCCO1)Cc1csc(Br)c1. The Balaban J connectivity index is 1.68. The third-order valence-corrected chi connectivity index (χ3v) is 4.46. The van der Waals surface area contributed by atoms with Crippen molar-refractivity contribution in [1.82, 2.24) is 10.2 Å². The minimum atomic E-state index is 0.389. The van der Waals surface area contributed by atoms with Gasteiger partial charge in [-0.3, -0.25) is 0 Å². The Morgan fingerprint density at radius 2 is 2.53 bits per heavy atom. The molecule has 0 aliphatic carbocycles. The second-order valence-corrected chi connectivity index (χ2v) is 6.77. The van der Waals surface area contributed by atoms with Crippen molar-refractivity contribution in [2.75, 3.05) is 33.3 Å². The van der Waals surface area contributed by atoms with Gasteiger partial charge in [-0.1, -0.05) is 0 Å². The molecule has 0 saturated carbocycles. The van der Waals surface area contributed by atoms with Gasteiger partial charge in [0.15, 0.2) is 0 Å². The van der Waals surface area contributed by atoms with Gasteiger partial charge < -0.3 is 15.0 Å². The van der Waals surface area contributed by atoms with Gasteiger partial charge in [0.05, 0.1) is 16.5 Å². The van der Waals surface area contributed by atoms with E-state index in [0.717, 1.165) is 39.2 Å². The topological polar surface area (TPSA) is 24.5 Å². The minimum Gasteiger partial charge on any atom is -0.376 e. The van der Waals surface area contributed by atoms with E-state index in [1.54, 1.807) is 11.3 Å². The van der Waals surface area contributed by atoms with Crippen molar-refractivity contribution < 1.29 is 4.74 Å². The first-order valence-corrected chi connectivity index (χ1v) is 7.65. The summed E-state index contributed by atoms with van der Waals surface area (Å²) in [5.41, 5.74) is 1.38. The zero-order valence-corrected chi connectivity index (χ0v) is 12.5. The molecule has 1 atom stereocenters. The van der Waals surface area contributed by atoms with Gasteiger partial charge in [-0.2, -0.15) is 0 Å². The Morgan fingerprint density at radius 3 is 3.18 bits per heavy atom. The number of rotatable bonds is 5. The lowest BCUT2D eigenvalue weighted by atomic mass is 10.2. The van der Waals surface area contributed by atoms with Crippen molar-refractivity contribution >= 4 is 27.3 Å². The summed E-state index contributed by atoms with van der Waals surface area (Å²) in [4.78, 5) is 2.35.